The van der Waals surface area contributed by atoms with Gasteiger partial charge in [-0.05, 0) is 43.0 Å². The summed E-state index contributed by atoms with van der Waals surface area (Å²) in [4.78, 5) is 17.2. The van der Waals surface area contributed by atoms with E-state index in [4.69, 9.17) is 5.11 Å². The first kappa shape index (κ1) is 13.9. The molecule has 1 heterocycles. The highest BCUT2D eigenvalue weighted by Gasteiger charge is 2.13. The van der Waals surface area contributed by atoms with E-state index in [1.165, 1.54) is 6.07 Å². The van der Waals surface area contributed by atoms with Crippen molar-refractivity contribution < 1.29 is 9.90 Å². The molecule has 0 fully saturated rings. The van der Waals surface area contributed by atoms with E-state index in [2.05, 4.69) is 26.2 Å². The van der Waals surface area contributed by atoms with E-state index in [0.717, 1.165) is 0 Å². The summed E-state index contributed by atoms with van der Waals surface area (Å²) in [5.41, 5.74) is 0.172. The molecule has 1 aromatic heterocycles. The summed E-state index contributed by atoms with van der Waals surface area (Å²) in [6.07, 6.45) is 1.58. The lowest BCUT2D eigenvalue weighted by Gasteiger charge is -2.20. The molecule has 0 saturated carbocycles. The van der Waals surface area contributed by atoms with Gasteiger partial charge in [0, 0.05) is 23.3 Å². The number of carbonyl (C=O) groups is 1. The number of halogens is 1. The zero-order valence-electron chi connectivity index (χ0n) is 10.1. The van der Waals surface area contributed by atoms with Crippen molar-refractivity contribution in [1.82, 2.24) is 9.88 Å². The summed E-state index contributed by atoms with van der Waals surface area (Å²) >= 11 is 3.21. The first-order chi connectivity index (χ1) is 7.91. The van der Waals surface area contributed by atoms with Gasteiger partial charge in [-0.2, -0.15) is 0 Å². The Morgan fingerprint density at radius 1 is 1.65 bits per heavy atom. The Balaban J connectivity index is 2.80. The van der Waals surface area contributed by atoms with Crippen LogP contribution in [0.4, 0.5) is 5.82 Å². The van der Waals surface area contributed by atoms with Gasteiger partial charge in [0.15, 0.2) is 0 Å². The van der Waals surface area contributed by atoms with Crippen LogP contribution in [0, 0.1) is 0 Å². The zero-order valence-corrected chi connectivity index (χ0v) is 11.7. The first-order valence-corrected chi connectivity index (χ1v) is 6.00. The quantitative estimate of drug-likeness (QED) is 0.870. The van der Waals surface area contributed by atoms with E-state index in [0.29, 0.717) is 22.9 Å². The highest BCUT2D eigenvalue weighted by Crippen LogP contribution is 2.18. The number of aromatic carboxylic acids is 1. The molecule has 1 rings (SSSR count). The Hall–Kier alpha value is -1.14. The number of nitrogens with zero attached hydrogens (tertiary/aromatic N) is 2. The Morgan fingerprint density at radius 3 is 2.82 bits per heavy atom. The minimum Gasteiger partial charge on any atom is -0.478 e. The molecule has 0 aliphatic heterocycles. The molecule has 0 bridgehead atoms. The van der Waals surface area contributed by atoms with Crippen LogP contribution >= 0.6 is 15.9 Å². The van der Waals surface area contributed by atoms with Gasteiger partial charge in [-0.3, -0.25) is 0 Å². The Bertz CT molecular complexity index is 410. The standard InChI is InChI=1S/C11H16BrN3O2/c1-7(15(2)3)5-13-10-9(11(16)17)4-8(12)6-14-10/h4,6-7H,5H2,1-3H3,(H,13,14)(H,16,17). The number of carboxylic acids is 1. The molecule has 0 aliphatic carbocycles. The van der Waals surface area contributed by atoms with Crippen LogP contribution in [0.15, 0.2) is 16.7 Å². The van der Waals surface area contributed by atoms with Crippen molar-refractivity contribution in [3.05, 3.63) is 22.3 Å². The molecule has 5 nitrogen and oxygen atoms in total. The van der Waals surface area contributed by atoms with Gasteiger partial charge in [-0.1, -0.05) is 0 Å². The van der Waals surface area contributed by atoms with Crippen molar-refractivity contribution in [2.24, 2.45) is 0 Å². The second-order valence-corrected chi connectivity index (χ2v) is 4.96. The molecule has 1 atom stereocenters. The van der Waals surface area contributed by atoms with E-state index in [-0.39, 0.29) is 5.56 Å². The largest absolute Gasteiger partial charge is 0.478 e. The predicted molar refractivity (Wildman–Crippen MR) is 70.5 cm³/mol. The third-order valence-corrected chi connectivity index (χ3v) is 2.96. The molecule has 2 N–H and O–H groups in total. The van der Waals surface area contributed by atoms with E-state index in [9.17, 15) is 4.79 Å². The number of hydrogen-bond donors (Lipinski definition) is 2. The number of rotatable bonds is 5. The van der Waals surface area contributed by atoms with Crippen molar-refractivity contribution in [3.8, 4) is 0 Å². The maximum atomic E-state index is 11.0. The first-order valence-electron chi connectivity index (χ1n) is 5.21. The number of anilines is 1. The van der Waals surface area contributed by atoms with Crippen LogP contribution in [0.5, 0.6) is 0 Å². The van der Waals surface area contributed by atoms with Crippen molar-refractivity contribution in [1.29, 1.82) is 0 Å². The second-order valence-electron chi connectivity index (χ2n) is 4.05. The van der Waals surface area contributed by atoms with Crippen molar-refractivity contribution in [2.45, 2.75) is 13.0 Å². The third-order valence-electron chi connectivity index (χ3n) is 2.53. The van der Waals surface area contributed by atoms with Gasteiger partial charge in [-0.15, -0.1) is 0 Å². The summed E-state index contributed by atoms with van der Waals surface area (Å²) in [5, 5.41) is 12.1. The molecule has 6 heteroatoms. The van der Waals surface area contributed by atoms with Crippen LogP contribution in [0.1, 0.15) is 17.3 Å². The number of aromatic nitrogens is 1. The second kappa shape index (κ2) is 5.97. The number of carboxylic acid groups (broad SMARTS) is 1. The Kier molecular flexibility index (Phi) is 4.89. The van der Waals surface area contributed by atoms with Gasteiger partial charge < -0.3 is 15.3 Å². The molecule has 1 aromatic rings. The van der Waals surface area contributed by atoms with Crippen LogP contribution in [0.2, 0.25) is 0 Å². The Morgan fingerprint density at radius 2 is 2.29 bits per heavy atom. The van der Waals surface area contributed by atoms with Crippen LogP contribution < -0.4 is 5.32 Å². The lowest BCUT2D eigenvalue weighted by Crippen LogP contribution is -2.32. The van der Waals surface area contributed by atoms with Crippen LogP contribution in [-0.4, -0.2) is 47.6 Å². The van der Waals surface area contributed by atoms with Crippen molar-refractivity contribution in [2.75, 3.05) is 26.0 Å². The number of likely N-dealkylation sites (N-methyl/N-ethyl adjacent to an activating group) is 1. The van der Waals surface area contributed by atoms with E-state index in [1.54, 1.807) is 6.20 Å². The predicted octanol–water partition coefficient (Wildman–Crippen LogP) is 1.90. The van der Waals surface area contributed by atoms with Crippen LogP contribution in [0.3, 0.4) is 0 Å². The summed E-state index contributed by atoms with van der Waals surface area (Å²) in [5.74, 6) is -0.590. The molecule has 17 heavy (non-hydrogen) atoms. The zero-order chi connectivity index (χ0) is 13.0. The van der Waals surface area contributed by atoms with E-state index in [1.807, 2.05) is 25.9 Å². The van der Waals surface area contributed by atoms with Crippen LogP contribution in [0.25, 0.3) is 0 Å². The Labute approximate surface area is 109 Å². The van der Waals surface area contributed by atoms with Gasteiger partial charge in [0.2, 0.25) is 0 Å². The van der Waals surface area contributed by atoms with Gasteiger partial charge >= 0.3 is 5.97 Å². The minimum absolute atomic E-state index is 0.172. The van der Waals surface area contributed by atoms with Gasteiger partial charge in [0.1, 0.15) is 11.4 Å². The number of pyridine rings is 1. The maximum Gasteiger partial charge on any atom is 0.339 e. The third kappa shape index (κ3) is 3.98. The normalized spacial score (nSPS) is 12.5. The van der Waals surface area contributed by atoms with Crippen molar-refractivity contribution >= 4 is 27.7 Å². The van der Waals surface area contributed by atoms with Crippen molar-refractivity contribution in [3.63, 3.8) is 0 Å². The lowest BCUT2D eigenvalue weighted by atomic mass is 10.2. The average molecular weight is 302 g/mol. The highest BCUT2D eigenvalue weighted by atomic mass is 79.9. The molecule has 1 unspecified atom stereocenters. The lowest BCUT2D eigenvalue weighted by molar-refractivity contribution is 0.0697. The summed E-state index contributed by atoms with van der Waals surface area (Å²) in [7, 11) is 3.94. The average Bonchev–Trinajstić information content (AvgIpc) is 2.26. The fourth-order valence-corrected chi connectivity index (χ4v) is 1.50. The molecule has 0 saturated heterocycles. The SMILES string of the molecule is CC(CNc1ncc(Br)cc1C(=O)O)N(C)C. The van der Waals surface area contributed by atoms with Gasteiger partial charge in [-0.25, -0.2) is 9.78 Å². The summed E-state index contributed by atoms with van der Waals surface area (Å²) in [6.45, 7) is 2.69. The molecule has 0 aliphatic rings. The molecule has 0 radical (unpaired) electrons. The van der Waals surface area contributed by atoms with Gasteiger partial charge in [0.05, 0.1) is 0 Å². The molecule has 94 valence electrons. The minimum atomic E-state index is -0.987. The molecular weight excluding hydrogens is 286 g/mol. The van der Waals surface area contributed by atoms with E-state index < -0.39 is 5.97 Å². The molecule has 0 amide bonds. The van der Waals surface area contributed by atoms with E-state index >= 15 is 0 Å². The summed E-state index contributed by atoms with van der Waals surface area (Å²) in [6, 6.07) is 1.83. The van der Waals surface area contributed by atoms with Gasteiger partial charge in [0.25, 0.3) is 0 Å². The molecule has 0 spiro atoms. The van der Waals surface area contributed by atoms with Crippen LogP contribution in [-0.2, 0) is 0 Å². The topological polar surface area (TPSA) is 65.5 Å². The molecule has 0 aromatic carbocycles. The fraction of sp³-hybridized carbons (Fsp3) is 0.455. The molecular formula is C11H16BrN3O2. The summed E-state index contributed by atoms with van der Waals surface area (Å²) < 4.78 is 0.654. The number of hydrogen-bond acceptors (Lipinski definition) is 4. The fourth-order valence-electron chi connectivity index (χ4n) is 1.17. The smallest absolute Gasteiger partial charge is 0.339 e. The highest BCUT2D eigenvalue weighted by molar-refractivity contribution is 9.10. The maximum absolute atomic E-state index is 11.0. The monoisotopic (exact) mass is 301 g/mol. The number of nitrogens with one attached hydrogen (secondary N) is 1.